The van der Waals surface area contributed by atoms with E-state index in [4.69, 9.17) is 13.8 Å². The van der Waals surface area contributed by atoms with E-state index in [0.717, 1.165) is 0 Å². The van der Waals surface area contributed by atoms with Crippen molar-refractivity contribution in [3.8, 4) is 11.4 Å². The molecular weight excluding hydrogens is 343 g/mol. The largest absolute Gasteiger partial charge is 0.456 e. The summed E-state index contributed by atoms with van der Waals surface area (Å²) in [5.74, 6) is 0.782. The van der Waals surface area contributed by atoms with Gasteiger partial charge in [0.05, 0.1) is 6.42 Å². The lowest BCUT2D eigenvalue weighted by molar-refractivity contribution is -0.145. The second-order valence-corrected chi connectivity index (χ2v) is 5.88. The standard InChI is InChI=1S/C17H17FN4O4/c1-10(2)16-20-14(26-21-16)9-24-15(23)8-7-13-19-17(22-25-13)11-3-5-12(18)6-4-11/h3-6,10H,7-9H2,1-2H3. The van der Waals surface area contributed by atoms with Crippen molar-refractivity contribution in [1.29, 1.82) is 0 Å². The highest BCUT2D eigenvalue weighted by molar-refractivity contribution is 5.69. The lowest BCUT2D eigenvalue weighted by atomic mass is 10.2. The van der Waals surface area contributed by atoms with Crippen molar-refractivity contribution >= 4 is 5.97 Å². The Bertz CT molecular complexity index is 873. The molecule has 136 valence electrons. The van der Waals surface area contributed by atoms with E-state index in [-0.39, 0.29) is 37.1 Å². The molecule has 0 aliphatic heterocycles. The Labute approximate surface area is 148 Å². The Morgan fingerprint density at radius 1 is 1.12 bits per heavy atom. The monoisotopic (exact) mass is 360 g/mol. The number of nitrogens with zero attached hydrogens (tertiary/aromatic N) is 4. The zero-order valence-corrected chi connectivity index (χ0v) is 14.3. The second-order valence-electron chi connectivity index (χ2n) is 5.88. The van der Waals surface area contributed by atoms with Crippen molar-refractivity contribution < 1.29 is 23.0 Å². The average molecular weight is 360 g/mol. The Morgan fingerprint density at radius 3 is 2.54 bits per heavy atom. The van der Waals surface area contributed by atoms with Crippen molar-refractivity contribution in [3.63, 3.8) is 0 Å². The third-order valence-electron chi connectivity index (χ3n) is 3.47. The van der Waals surface area contributed by atoms with Crippen molar-refractivity contribution in [2.24, 2.45) is 0 Å². The summed E-state index contributed by atoms with van der Waals surface area (Å²) in [5.41, 5.74) is 0.626. The van der Waals surface area contributed by atoms with Gasteiger partial charge in [-0.25, -0.2) is 4.39 Å². The Balaban J connectivity index is 1.47. The fourth-order valence-corrected chi connectivity index (χ4v) is 2.06. The molecule has 2 aromatic heterocycles. The summed E-state index contributed by atoms with van der Waals surface area (Å²) in [6.07, 6.45) is 0.296. The van der Waals surface area contributed by atoms with Crippen LogP contribution in [-0.2, 0) is 22.6 Å². The first-order valence-electron chi connectivity index (χ1n) is 8.08. The van der Waals surface area contributed by atoms with Crippen LogP contribution in [0.3, 0.4) is 0 Å². The maximum absolute atomic E-state index is 12.9. The van der Waals surface area contributed by atoms with Gasteiger partial charge in [0.1, 0.15) is 5.82 Å². The van der Waals surface area contributed by atoms with Crippen LogP contribution in [0.25, 0.3) is 11.4 Å². The Morgan fingerprint density at radius 2 is 1.85 bits per heavy atom. The Hall–Kier alpha value is -3.10. The second kappa shape index (κ2) is 7.85. The number of aryl methyl sites for hydroxylation is 1. The molecule has 26 heavy (non-hydrogen) atoms. The van der Waals surface area contributed by atoms with E-state index in [0.29, 0.717) is 23.1 Å². The molecule has 0 amide bonds. The highest BCUT2D eigenvalue weighted by atomic mass is 19.1. The molecule has 0 aliphatic carbocycles. The van der Waals surface area contributed by atoms with Gasteiger partial charge in [0, 0.05) is 17.9 Å². The van der Waals surface area contributed by atoms with E-state index >= 15 is 0 Å². The summed E-state index contributed by atoms with van der Waals surface area (Å²) in [5, 5.41) is 7.60. The zero-order valence-electron chi connectivity index (χ0n) is 14.3. The molecule has 8 nitrogen and oxygen atoms in total. The van der Waals surface area contributed by atoms with E-state index < -0.39 is 5.97 Å². The van der Waals surface area contributed by atoms with Crippen molar-refractivity contribution in [1.82, 2.24) is 20.3 Å². The van der Waals surface area contributed by atoms with Crippen LogP contribution >= 0.6 is 0 Å². The third kappa shape index (κ3) is 4.50. The maximum Gasteiger partial charge on any atom is 0.306 e. The van der Waals surface area contributed by atoms with Gasteiger partial charge >= 0.3 is 5.97 Å². The predicted octanol–water partition coefficient (Wildman–Crippen LogP) is 3.06. The number of hydrogen-bond donors (Lipinski definition) is 0. The fourth-order valence-electron chi connectivity index (χ4n) is 2.06. The molecule has 0 fully saturated rings. The van der Waals surface area contributed by atoms with Crippen LogP contribution < -0.4 is 0 Å². The third-order valence-corrected chi connectivity index (χ3v) is 3.47. The normalized spacial score (nSPS) is 11.1. The average Bonchev–Trinajstić information content (AvgIpc) is 3.28. The summed E-state index contributed by atoms with van der Waals surface area (Å²) in [7, 11) is 0. The predicted molar refractivity (Wildman–Crippen MR) is 86.2 cm³/mol. The molecule has 3 aromatic rings. The summed E-state index contributed by atoms with van der Waals surface area (Å²) in [6.45, 7) is 3.79. The molecule has 3 rings (SSSR count). The summed E-state index contributed by atoms with van der Waals surface area (Å²) in [4.78, 5) is 20.1. The van der Waals surface area contributed by atoms with E-state index in [9.17, 15) is 9.18 Å². The van der Waals surface area contributed by atoms with E-state index in [1.807, 2.05) is 13.8 Å². The summed E-state index contributed by atoms with van der Waals surface area (Å²) in [6, 6.07) is 5.72. The van der Waals surface area contributed by atoms with E-state index in [1.54, 1.807) is 12.1 Å². The van der Waals surface area contributed by atoms with Gasteiger partial charge in [-0.2, -0.15) is 9.97 Å². The number of carbonyl (C=O) groups excluding carboxylic acids is 1. The van der Waals surface area contributed by atoms with Gasteiger partial charge in [0.25, 0.3) is 5.89 Å². The SMILES string of the molecule is CC(C)c1noc(COC(=O)CCc2nc(-c3ccc(F)cc3)no2)n1. The lowest BCUT2D eigenvalue weighted by Crippen LogP contribution is -2.06. The van der Waals surface area contributed by atoms with Gasteiger partial charge in [0.15, 0.2) is 12.4 Å². The lowest BCUT2D eigenvalue weighted by Gasteiger charge is -1.99. The number of benzene rings is 1. The molecule has 0 unspecified atom stereocenters. The zero-order chi connectivity index (χ0) is 18.5. The molecule has 9 heteroatoms. The number of esters is 1. The van der Waals surface area contributed by atoms with Crippen LogP contribution in [0.2, 0.25) is 0 Å². The topological polar surface area (TPSA) is 104 Å². The van der Waals surface area contributed by atoms with E-state index in [1.165, 1.54) is 12.1 Å². The smallest absolute Gasteiger partial charge is 0.306 e. The van der Waals surface area contributed by atoms with Crippen molar-refractivity contribution in [3.05, 3.63) is 47.7 Å². The molecule has 2 heterocycles. The highest BCUT2D eigenvalue weighted by Gasteiger charge is 2.14. The number of hydrogen-bond acceptors (Lipinski definition) is 8. The number of aromatic nitrogens is 4. The number of carbonyl (C=O) groups is 1. The minimum Gasteiger partial charge on any atom is -0.456 e. The highest BCUT2D eigenvalue weighted by Crippen LogP contribution is 2.17. The molecule has 0 aliphatic rings. The quantitative estimate of drug-likeness (QED) is 0.592. The molecule has 0 atom stereocenters. The molecule has 1 aromatic carbocycles. The van der Waals surface area contributed by atoms with Crippen LogP contribution in [0, 0.1) is 5.82 Å². The van der Waals surface area contributed by atoms with Crippen molar-refractivity contribution in [2.75, 3.05) is 0 Å². The number of halogens is 1. The van der Waals surface area contributed by atoms with Crippen LogP contribution in [0.1, 0.15) is 43.8 Å². The van der Waals surface area contributed by atoms with Crippen LogP contribution in [0.4, 0.5) is 4.39 Å². The molecule has 0 bridgehead atoms. The number of ether oxygens (including phenoxy) is 1. The summed E-state index contributed by atoms with van der Waals surface area (Å²) >= 11 is 0. The minimum absolute atomic E-state index is 0.0657. The molecule has 0 spiro atoms. The van der Waals surface area contributed by atoms with Gasteiger partial charge in [-0.3, -0.25) is 4.79 Å². The molecule has 0 saturated carbocycles. The molecule has 0 saturated heterocycles. The fraction of sp³-hybridized carbons (Fsp3) is 0.353. The first-order valence-corrected chi connectivity index (χ1v) is 8.08. The first kappa shape index (κ1) is 17.7. The molecule has 0 N–H and O–H groups in total. The molecular formula is C17H17FN4O4. The first-order chi connectivity index (χ1) is 12.5. The number of rotatable bonds is 7. The maximum atomic E-state index is 12.9. The molecule has 0 radical (unpaired) electrons. The minimum atomic E-state index is -0.448. The van der Waals surface area contributed by atoms with Crippen LogP contribution in [0.5, 0.6) is 0 Å². The van der Waals surface area contributed by atoms with E-state index in [2.05, 4.69) is 20.3 Å². The summed E-state index contributed by atoms with van der Waals surface area (Å²) < 4.78 is 28.1. The van der Waals surface area contributed by atoms with Gasteiger partial charge in [-0.1, -0.05) is 24.2 Å². The van der Waals surface area contributed by atoms with Gasteiger partial charge in [-0.15, -0.1) is 0 Å². The Kier molecular flexibility index (Phi) is 5.35. The van der Waals surface area contributed by atoms with Crippen molar-refractivity contribution in [2.45, 2.75) is 39.2 Å². The van der Waals surface area contributed by atoms with Crippen LogP contribution in [0.15, 0.2) is 33.3 Å². The van der Waals surface area contributed by atoms with Crippen LogP contribution in [-0.4, -0.2) is 26.3 Å². The van der Waals surface area contributed by atoms with Gasteiger partial charge in [0.2, 0.25) is 11.7 Å². The van der Waals surface area contributed by atoms with Gasteiger partial charge in [-0.05, 0) is 24.3 Å². The van der Waals surface area contributed by atoms with Gasteiger partial charge < -0.3 is 13.8 Å².